The Morgan fingerprint density at radius 3 is 2.67 bits per heavy atom. The molecule has 0 spiro atoms. The van der Waals surface area contributed by atoms with Gasteiger partial charge in [-0.15, -0.1) is 0 Å². The maximum Gasteiger partial charge on any atom is 0.326 e. The van der Waals surface area contributed by atoms with Crippen LogP contribution >= 0.6 is 0 Å². The molecule has 1 aromatic rings. The molecule has 1 aliphatic rings. The Morgan fingerprint density at radius 1 is 1.48 bits per heavy atom. The van der Waals surface area contributed by atoms with Gasteiger partial charge in [0.2, 0.25) is 0 Å². The number of H-pyrrole nitrogens is 1. The van der Waals surface area contributed by atoms with Crippen LogP contribution in [0, 0.1) is 11.8 Å². The minimum atomic E-state index is -1.05. The molecule has 0 saturated carbocycles. The second-order valence-corrected chi connectivity index (χ2v) is 5.97. The van der Waals surface area contributed by atoms with Crippen molar-refractivity contribution in [2.24, 2.45) is 11.8 Å². The summed E-state index contributed by atoms with van der Waals surface area (Å²) < 4.78 is 0. The number of rotatable bonds is 4. The normalized spacial score (nSPS) is 23.6. The standard InChI is InChI=1S/C14H22N4O3/c1-9-3-10(2)7-18(6-9)14(21)17-12(13(19)20)4-11-5-15-8-16-11/h5,8-10,12H,3-4,6-7H2,1-2H3,(H,15,16)(H,17,21)(H,19,20)/t9?,10?,12-/m0/s1. The molecule has 0 radical (unpaired) electrons. The fraction of sp³-hybridized carbons (Fsp3) is 0.643. The highest BCUT2D eigenvalue weighted by Crippen LogP contribution is 2.20. The Kier molecular flexibility index (Phi) is 4.82. The molecule has 0 aliphatic carbocycles. The van der Waals surface area contributed by atoms with Crippen molar-refractivity contribution in [3.63, 3.8) is 0 Å². The highest BCUT2D eigenvalue weighted by molar-refractivity contribution is 5.82. The molecule has 1 saturated heterocycles. The molecule has 2 unspecified atom stereocenters. The number of carbonyl (C=O) groups is 2. The van der Waals surface area contributed by atoms with Crippen molar-refractivity contribution in [1.29, 1.82) is 0 Å². The van der Waals surface area contributed by atoms with Crippen LogP contribution in [-0.4, -0.2) is 51.1 Å². The Bertz CT molecular complexity index is 478. The Labute approximate surface area is 123 Å². The largest absolute Gasteiger partial charge is 0.480 e. The lowest BCUT2D eigenvalue weighted by Crippen LogP contribution is -2.52. The third-order valence-electron chi connectivity index (χ3n) is 3.73. The molecule has 3 N–H and O–H groups in total. The number of hydrogen-bond donors (Lipinski definition) is 3. The van der Waals surface area contributed by atoms with Gasteiger partial charge < -0.3 is 20.3 Å². The van der Waals surface area contributed by atoms with Crippen molar-refractivity contribution in [3.05, 3.63) is 18.2 Å². The number of aromatic amines is 1. The van der Waals surface area contributed by atoms with Crippen LogP contribution in [0.4, 0.5) is 4.79 Å². The maximum absolute atomic E-state index is 12.3. The van der Waals surface area contributed by atoms with Crippen LogP contribution in [-0.2, 0) is 11.2 Å². The monoisotopic (exact) mass is 294 g/mol. The van der Waals surface area contributed by atoms with Crippen molar-refractivity contribution in [1.82, 2.24) is 20.2 Å². The molecular weight excluding hydrogens is 272 g/mol. The number of piperidine rings is 1. The van der Waals surface area contributed by atoms with Gasteiger partial charge in [0.1, 0.15) is 6.04 Å². The number of carboxylic acids is 1. The average molecular weight is 294 g/mol. The number of urea groups is 1. The first-order valence-corrected chi connectivity index (χ1v) is 7.21. The minimum absolute atomic E-state index is 0.194. The molecule has 1 fully saturated rings. The molecule has 7 nitrogen and oxygen atoms in total. The summed E-state index contributed by atoms with van der Waals surface area (Å²) in [4.78, 5) is 32.0. The van der Waals surface area contributed by atoms with Crippen LogP contribution in [0.3, 0.4) is 0 Å². The zero-order valence-corrected chi connectivity index (χ0v) is 12.4. The summed E-state index contributed by atoms with van der Waals surface area (Å²) in [5, 5.41) is 11.9. The van der Waals surface area contributed by atoms with E-state index in [9.17, 15) is 14.7 Å². The van der Waals surface area contributed by atoms with Crippen molar-refractivity contribution in [2.75, 3.05) is 13.1 Å². The molecule has 2 amide bonds. The number of aliphatic carboxylic acids is 1. The zero-order chi connectivity index (χ0) is 15.4. The number of aromatic nitrogens is 2. The van der Waals surface area contributed by atoms with E-state index in [4.69, 9.17) is 0 Å². The summed E-state index contributed by atoms with van der Waals surface area (Å²) in [5.41, 5.74) is 0.683. The number of carboxylic acid groups (broad SMARTS) is 1. The van der Waals surface area contributed by atoms with E-state index in [-0.39, 0.29) is 12.5 Å². The predicted molar refractivity (Wildman–Crippen MR) is 76.8 cm³/mol. The zero-order valence-electron chi connectivity index (χ0n) is 12.4. The Morgan fingerprint density at radius 2 is 2.14 bits per heavy atom. The van der Waals surface area contributed by atoms with Crippen LogP contribution in [0.15, 0.2) is 12.5 Å². The minimum Gasteiger partial charge on any atom is -0.480 e. The molecule has 21 heavy (non-hydrogen) atoms. The van der Waals surface area contributed by atoms with E-state index in [1.165, 1.54) is 6.33 Å². The molecule has 3 atom stereocenters. The smallest absolute Gasteiger partial charge is 0.326 e. The molecular formula is C14H22N4O3. The van der Waals surface area contributed by atoms with Crippen LogP contribution in [0.25, 0.3) is 0 Å². The number of imidazole rings is 1. The second-order valence-electron chi connectivity index (χ2n) is 5.97. The van der Waals surface area contributed by atoms with Crippen LogP contribution < -0.4 is 5.32 Å². The molecule has 2 heterocycles. The maximum atomic E-state index is 12.3. The van der Waals surface area contributed by atoms with Gasteiger partial charge in [-0.25, -0.2) is 14.6 Å². The highest BCUT2D eigenvalue weighted by Gasteiger charge is 2.28. The SMILES string of the molecule is CC1CC(C)CN(C(=O)N[C@@H](Cc2cnc[nH]2)C(=O)O)C1. The first-order valence-electron chi connectivity index (χ1n) is 7.21. The van der Waals surface area contributed by atoms with E-state index in [1.807, 2.05) is 0 Å². The Hall–Kier alpha value is -2.05. The second kappa shape index (κ2) is 6.60. The summed E-state index contributed by atoms with van der Waals surface area (Å²) in [6, 6.07) is -1.26. The van der Waals surface area contributed by atoms with Crippen molar-refractivity contribution in [3.8, 4) is 0 Å². The van der Waals surface area contributed by atoms with Gasteiger partial charge in [0, 0.05) is 31.4 Å². The number of hydrogen-bond acceptors (Lipinski definition) is 3. The average Bonchev–Trinajstić information content (AvgIpc) is 2.89. The lowest BCUT2D eigenvalue weighted by molar-refractivity contribution is -0.139. The van der Waals surface area contributed by atoms with Crippen LogP contribution in [0.5, 0.6) is 0 Å². The molecule has 2 rings (SSSR count). The van der Waals surface area contributed by atoms with Crippen LogP contribution in [0.2, 0.25) is 0 Å². The van der Waals surface area contributed by atoms with Crippen molar-refractivity contribution in [2.45, 2.75) is 32.7 Å². The summed E-state index contributed by atoms with van der Waals surface area (Å²) >= 11 is 0. The number of amides is 2. The lowest BCUT2D eigenvalue weighted by atomic mass is 9.92. The van der Waals surface area contributed by atoms with Gasteiger partial charge in [-0.05, 0) is 18.3 Å². The van der Waals surface area contributed by atoms with Gasteiger partial charge in [0.25, 0.3) is 0 Å². The number of likely N-dealkylation sites (tertiary alicyclic amines) is 1. The first kappa shape index (κ1) is 15.3. The molecule has 0 aromatic carbocycles. The predicted octanol–water partition coefficient (Wildman–Crippen LogP) is 1.09. The van der Waals surface area contributed by atoms with Crippen LogP contribution in [0.1, 0.15) is 26.0 Å². The quantitative estimate of drug-likeness (QED) is 0.774. The number of nitrogens with one attached hydrogen (secondary N) is 2. The Balaban J connectivity index is 1.96. The lowest BCUT2D eigenvalue weighted by Gasteiger charge is -2.35. The number of nitrogens with zero attached hydrogens (tertiary/aromatic N) is 2. The van der Waals surface area contributed by atoms with Gasteiger partial charge in [0.05, 0.1) is 6.33 Å². The van der Waals surface area contributed by atoms with Gasteiger partial charge in [-0.2, -0.15) is 0 Å². The van der Waals surface area contributed by atoms with Crippen molar-refractivity contribution >= 4 is 12.0 Å². The van der Waals surface area contributed by atoms with Gasteiger partial charge in [-0.1, -0.05) is 13.8 Å². The summed E-state index contributed by atoms with van der Waals surface area (Å²) in [6.45, 7) is 5.56. The van der Waals surface area contributed by atoms with E-state index in [1.54, 1.807) is 11.1 Å². The van der Waals surface area contributed by atoms with E-state index < -0.39 is 12.0 Å². The summed E-state index contributed by atoms with van der Waals surface area (Å²) in [5.74, 6) is -0.165. The topological polar surface area (TPSA) is 98.3 Å². The third kappa shape index (κ3) is 4.21. The molecule has 116 valence electrons. The third-order valence-corrected chi connectivity index (χ3v) is 3.73. The summed E-state index contributed by atoms with van der Waals surface area (Å²) in [6.07, 6.45) is 4.34. The molecule has 1 aromatic heterocycles. The van der Waals surface area contributed by atoms with Gasteiger partial charge in [-0.3, -0.25) is 0 Å². The fourth-order valence-electron chi connectivity index (χ4n) is 2.89. The van der Waals surface area contributed by atoms with Gasteiger partial charge in [0.15, 0.2) is 0 Å². The molecule has 1 aliphatic heterocycles. The van der Waals surface area contributed by atoms with Crippen molar-refractivity contribution < 1.29 is 14.7 Å². The highest BCUT2D eigenvalue weighted by atomic mass is 16.4. The van der Waals surface area contributed by atoms with E-state index in [0.717, 1.165) is 6.42 Å². The molecule has 0 bridgehead atoms. The fourth-order valence-corrected chi connectivity index (χ4v) is 2.89. The first-order chi connectivity index (χ1) is 9.95. The van der Waals surface area contributed by atoms with E-state index in [2.05, 4.69) is 29.1 Å². The van der Waals surface area contributed by atoms with E-state index in [0.29, 0.717) is 30.6 Å². The van der Waals surface area contributed by atoms with E-state index >= 15 is 0 Å². The summed E-state index contributed by atoms with van der Waals surface area (Å²) in [7, 11) is 0. The van der Waals surface area contributed by atoms with Gasteiger partial charge >= 0.3 is 12.0 Å². The molecule has 7 heteroatoms. The number of carbonyl (C=O) groups excluding carboxylic acids is 1.